The molecule has 0 aromatic carbocycles. The molecule has 2 fully saturated rings. The summed E-state index contributed by atoms with van der Waals surface area (Å²) in [6, 6.07) is 4.26. The molecule has 3 heterocycles. The number of rotatable bonds is 4. The van der Waals surface area contributed by atoms with Crippen LogP contribution in [-0.4, -0.2) is 35.6 Å². The van der Waals surface area contributed by atoms with Crippen molar-refractivity contribution < 1.29 is 9.53 Å². The smallest absolute Gasteiger partial charge is 0.244 e. The largest absolute Gasteiger partial charge is 0.376 e. The third kappa shape index (κ3) is 2.74. The zero-order valence-corrected chi connectivity index (χ0v) is 13.8. The molecule has 21 heavy (non-hydrogen) atoms. The molecule has 3 rings (SSSR count). The number of carbonyl (C=O) groups is 1. The van der Waals surface area contributed by atoms with Gasteiger partial charge in [-0.3, -0.25) is 10.1 Å². The second-order valence-corrected chi connectivity index (χ2v) is 7.59. The van der Waals surface area contributed by atoms with Crippen molar-refractivity contribution >= 4 is 17.2 Å². The van der Waals surface area contributed by atoms with Crippen LogP contribution in [0, 0.1) is 6.92 Å². The molecular formula is C16H24N2O2S. The number of amides is 1. The summed E-state index contributed by atoms with van der Waals surface area (Å²) < 4.78 is 5.74. The van der Waals surface area contributed by atoms with Gasteiger partial charge < -0.3 is 9.64 Å². The number of nitrogens with one attached hydrogen (secondary N) is 1. The molecule has 2 saturated heterocycles. The molecule has 1 amide bonds. The SMILES string of the molecule is CCC1(C)NC(c2ccc(C)s2)N(CC2CCCO2)C1=O. The Kier molecular flexibility index (Phi) is 4.08. The lowest BCUT2D eigenvalue weighted by Gasteiger charge is -2.26. The molecule has 1 N–H and O–H groups in total. The molecule has 0 bridgehead atoms. The summed E-state index contributed by atoms with van der Waals surface area (Å²) in [7, 11) is 0. The van der Waals surface area contributed by atoms with Gasteiger partial charge in [-0.15, -0.1) is 11.3 Å². The van der Waals surface area contributed by atoms with Gasteiger partial charge in [0.15, 0.2) is 0 Å². The Bertz CT molecular complexity index is 524. The third-order valence-electron chi connectivity index (χ3n) is 4.66. The van der Waals surface area contributed by atoms with Gasteiger partial charge in [-0.25, -0.2) is 0 Å². The quantitative estimate of drug-likeness (QED) is 0.930. The minimum Gasteiger partial charge on any atom is -0.376 e. The van der Waals surface area contributed by atoms with Crippen molar-refractivity contribution in [2.75, 3.05) is 13.2 Å². The van der Waals surface area contributed by atoms with Crippen molar-refractivity contribution in [1.29, 1.82) is 0 Å². The van der Waals surface area contributed by atoms with E-state index < -0.39 is 5.54 Å². The number of ether oxygens (including phenoxy) is 1. The van der Waals surface area contributed by atoms with Crippen molar-refractivity contribution in [3.8, 4) is 0 Å². The van der Waals surface area contributed by atoms with Crippen molar-refractivity contribution in [2.24, 2.45) is 0 Å². The summed E-state index contributed by atoms with van der Waals surface area (Å²) in [6.45, 7) is 7.71. The van der Waals surface area contributed by atoms with Crippen LogP contribution in [0.3, 0.4) is 0 Å². The van der Waals surface area contributed by atoms with Crippen molar-refractivity contribution in [3.05, 3.63) is 21.9 Å². The molecule has 1 aromatic rings. The summed E-state index contributed by atoms with van der Waals surface area (Å²) in [6.07, 6.45) is 3.15. The average molecular weight is 308 g/mol. The number of hydrogen-bond donors (Lipinski definition) is 1. The fourth-order valence-corrected chi connectivity index (χ4v) is 4.09. The first-order chi connectivity index (χ1) is 10.0. The van der Waals surface area contributed by atoms with Gasteiger partial charge in [0.25, 0.3) is 0 Å². The number of hydrogen-bond acceptors (Lipinski definition) is 4. The van der Waals surface area contributed by atoms with Crippen molar-refractivity contribution in [3.63, 3.8) is 0 Å². The second kappa shape index (κ2) is 5.71. The number of aryl methyl sites for hydroxylation is 1. The first-order valence-corrected chi connectivity index (χ1v) is 8.62. The maximum absolute atomic E-state index is 12.8. The first-order valence-electron chi connectivity index (χ1n) is 7.80. The highest BCUT2D eigenvalue weighted by molar-refractivity contribution is 7.12. The van der Waals surface area contributed by atoms with Crippen molar-refractivity contribution in [1.82, 2.24) is 10.2 Å². The highest BCUT2D eigenvalue weighted by Crippen LogP contribution is 2.36. The minimum atomic E-state index is -0.457. The molecule has 4 nitrogen and oxygen atoms in total. The first kappa shape index (κ1) is 15.0. The summed E-state index contributed by atoms with van der Waals surface area (Å²) in [5.41, 5.74) is -0.457. The molecule has 0 radical (unpaired) electrons. The van der Waals surface area contributed by atoms with Gasteiger partial charge in [0.2, 0.25) is 5.91 Å². The lowest BCUT2D eigenvalue weighted by atomic mass is 9.99. The number of carbonyl (C=O) groups excluding carboxylic acids is 1. The van der Waals surface area contributed by atoms with E-state index in [1.165, 1.54) is 9.75 Å². The highest BCUT2D eigenvalue weighted by Gasteiger charge is 2.48. The number of nitrogens with zero attached hydrogens (tertiary/aromatic N) is 1. The Morgan fingerprint density at radius 1 is 1.52 bits per heavy atom. The summed E-state index contributed by atoms with van der Waals surface area (Å²) in [5, 5.41) is 3.55. The Balaban J connectivity index is 1.85. The zero-order chi connectivity index (χ0) is 15.0. The van der Waals surface area contributed by atoms with Crippen LogP contribution in [0.2, 0.25) is 0 Å². The van der Waals surface area contributed by atoms with E-state index in [9.17, 15) is 4.79 Å². The van der Waals surface area contributed by atoms with Gasteiger partial charge in [-0.05, 0) is 45.2 Å². The maximum Gasteiger partial charge on any atom is 0.244 e. The lowest BCUT2D eigenvalue weighted by Crippen LogP contribution is -2.43. The lowest BCUT2D eigenvalue weighted by molar-refractivity contribution is -0.134. The van der Waals surface area contributed by atoms with Crippen LogP contribution in [0.15, 0.2) is 12.1 Å². The van der Waals surface area contributed by atoms with E-state index in [-0.39, 0.29) is 18.2 Å². The van der Waals surface area contributed by atoms with Crippen LogP contribution in [0.5, 0.6) is 0 Å². The van der Waals surface area contributed by atoms with Crippen LogP contribution in [0.4, 0.5) is 0 Å². The molecule has 3 unspecified atom stereocenters. The molecular weight excluding hydrogens is 284 g/mol. The Hall–Kier alpha value is -0.910. The van der Waals surface area contributed by atoms with E-state index in [4.69, 9.17) is 4.74 Å². The van der Waals surface area contributed by atoms with E-state index in [0.29, 0.717) is 6.54 Å². The van der Waals surface area contributed by atoms with E-state index in [1.807, 2.05) is 11.8 Å². The molecule has 2 aliphatic rings. The summed E-state index contributed by atoms with van der Waals surface area (Å²) in [5.74, 6) is 0.205. The summed E-state index contributed by atoms with van der Waals surface area (Å²) >= 11 is 1.76. The normalized spacial score (nSPS) is 33.1. The van der Waals surface area contributed by atoms with Crippen LogP contribution in [-0.2, 0) is 9.53 Å². The Labute approximate surface area is 130 Å². The van der Waals surface area contributed by atoms with Gasteiger partial charge in [-0.1, -0.05) is 6.92 Å². The maximum atomic E-state index is 12.8. The van der Waals surface area contributed by atoms with Gasteiger partial charge in [0, 0.05) is 22.9 Å². The van der Waals surface area contributed by atoms with E-state index >= 15 is 0 Å². The van der Waals surface area contributed by atoms with Crippen LogP contribution >= 0.6 is 11.3 Å². The molecule has 5 heteroatoms. The molecule has 0 saturated carbocycles. The standard InChI is InChI=1S/C16H24N2O2S/c1-4-16(3)15(19)18(10-12-6-5-9-20-12)14(17-16)13-8-7-11(2)21-13/h7-8,12,14,17H,4-6,9-10H2,1-3H3. The minimum absolute atomic E-state index is 0.00894. The fourth-order valence-electron chi connectivity index (χ4n) is 3.15. The Morgan fingerprint density at radius 3 is 2.90 bits per heavy atom. The van der Waals surface area contributed by atoms with E-state index in [0.717, 1.165) is 25.9 Å². The van der Waals surface area contributed by atoms with Crippen LogP contribution < -0.4 is 5.32 Å². The molecule has 0 aliphatic carbocycles. The number of thiophene rings is 1. The molecule has 116 valence electrons. The topological polar surface area (TPSA) is 41.6 Å². The van der Waals surface area contributed by atoms with Crippen LogP contribution in [0.25, 0.3) is 0 Å². The fraction of sp³-hybridized carbons (Fsp3) is 0.688. The second-order valence-electron chi connectivity index (χ2n) is 6.27. The van der Waals surface area contributed by atoms with Gasteiger partial charge in [-0.2, -0.15) is 0 Å². The predicted octanol–water partition coefficient (Wildman–Crippen LogP) is 2.83. The van der Waals surface area contributed by atoms with E-state index in [2.05, 4.69) is 31.3 Å². The van der Waals surface area contributed by atoms with Crippen molar-refractivity contribution in [2.45, 2.75) is 57.8 Å². The monoisotopic (exact) mass is 308 g/mol. The molecule has 3 atom stereocenters. The van der Waals surface area contributed by atoms with E-state index in [1.54, 1.807) is 11.3 Å². The zero-order valence-electron chi connectivity index (χ0n) is 13.0. The highest BCUT2D eigenvalue weighted by atomic mass is 32.1. The molecule has 1 aromatic heterocycles. The molecule has 2 aliphatic heterocycles. The Morgan fingerprint density at radius 2 is 2.33 bits per heavy atom. The van der Waals surface area contributed by atoms with Gasteiger partial charge in [0.05, 0.1) is 11.6 Å². The average Bonchev–Trinajstić information content (AvgIpc) is 3.17. The molecule has 0 spiro atoms. The van der Waals surface area contributed by atoms with Gasteiger partial charge >= 0.3 is 0 Å². The predicted molar refractivity (Wildman–Crippen MR) is 84.3 cm³/mol. The third-order valence-corrected chi connectivity index (χ3v) is 5.72. The van der Waals surface area contributed by atoms with Gasteiger partial charge in [0.1, 0.15) is 6.17 Å². The summed E-state index contributed by atoms with van der Waals surface area (Å²) in [4.78, 5) is 17.3. The van der Waals surface area contributed by atoms with Crippen LogP contribution in [0.1, 0.15) is 49.0 Å².